The molecule has 0 bridgehead atoms. The van der Waals surface area contributed by atoms with Gasteiger partial charge in [0.2, 0.25) is 0 Å². The Morgan fingerprint density at radius 2 is 1.89 bits per heavy atom. The smallest absolute Gasteiger partial charge is 0.00474 e. The Morgan fingerprint density at radius 1 is 1.28 bits per heavy atom. The lowest BCUT2D eigenvalue weighted by Crippen LogP contribution is -2.45. The van der Waals surface area contributed by atoms with Gasteiger partial charge in [-0.2, -0.15) is 0 Å². The predicted octanol–water partition coefficient (Wildman–Crippen LogP) is 3.38. The molecule has 0 aromatic carbocycles. The Morgan fingerprint density at radius 3 is 2.39 bits per heavy atom. The van der Waals surface area contributed by atoms with Crippen LogP contribution in [0.3, 0.4) is 0 Å². The van der Waals surface area contributed by atoms with E-state index in [1.54, 1.807) is 0 Å². The molecule has 1 aliphatic rings. The van der Waals surface area contributed by atoms with Gasteiger partial charge < -0.3 is 10.2 Å². The van der Waals surface area contributed by atoms with Crippen LogP contribution in [0.5, 0.6) is 0 Å². The van der Waals surface area contributed by atoms with Crippen LogP contribution < -0.4 is 5.32 Å². The molecule has 1 heterocycles. The van der Waals surface area contributed by atoms with E-state index >= 15 is 0 Å². The van der Waals surface area contributed by atoms with Crippen molar-refractivity contribution in [2.24, 2.45) is 17.3 Å². The maximum Gasteiger partial charge on any atom is 0.00474 e. The van der Waals surface area contributed by atoms with Crippen LogP contribution in [-0.2, 0) is 0 Å². The first-order chi connectivity index (χ1) is 8.45. The van der Waals surface area contributed by atoms with Gasteiger partial charge in [0.05, 0.1) is 0 Å². The highest BCUT2D eigenvalue weighted by atomic mass is 15.1. The van der Waals surface area contributed by atoms with Crippen LogP contribution in [-0.4, -0.2) is 37.6 Å². The highest BCUT2D eigenvalue weighted by Gasteiger charge is 2.26. The predicted molar refractivity (Wildman–Crippen MR) is 80.9 cm³/mol. The first-order valence-corrected chi connectivity index (χ1v) is 7.88. The Balaban J connectivity index is 2.34. The minimum atomic E-state index is 0.440. The molecule has 1 aliphatic heterocycles. The van der Waals surface area contributed by atoms with E-state index in [4.69, 9.17) is 0 Å². The van der Waals surface area contributed by atoms with Gasteiger partial charge in [0.1, 0.15) is 0 Å². The first-order valence-electron chi connectivity index (χ1n) is 7.88. The van der Waals surface area contributed by atoms with Crippen molar-refractivity contribution in [2.75, 3.05) is 32.7 Å². The lowest BCUT2D eigenvalue weighted by molar-refractivity contribution is 0.118. The zero-order valence-corrected chi connectivity index (χ0v) is 13.3. The number of nitrogens with one attached hydrogen (secondary N) is 1. The molecule has 1 saturated heterocycles. The second kappa shape index (κ2) is 7.49. The zero-order chi connectivity index (χ0) is 13.6. The van der Waals surface area contributed by atoms with E-state index < -0.39 is 0 Å². The minimum Gasteiger partial charge on any atom is -0.316 e. The number of rotatable bonds is 7. The average Bonchev–Trinajstić information content (AvgIpc) is 2.32. The molecule has 2 nitrogen and oxygen atoms in total. The topological polar surface area (TPSA) is 15.3 Å². The van der Waals surface area contributed by atoms with E-state index in [9.17, 15) is 0 Å². The van der Waals surface area contributed by atoms with Gasteiger partial charge in [0, 0.05) is 13.1 Å². The van der Waals surface area contributed by atoms with Crippen molar-refractivity contribution in [3.05, 3.63) is 0 Å². The molecule has 0 saturated carbocycles. The molecule has 0 spiro atoms. The van der Waals surface area contributed by atoms with Crippen LogP contribution in [0.15, 0.2) is 0 Å². The summed E-state index contributed by atoms with van der Waals surface area (Å²) in [6.07, 6.45) is 4.04. The van der Waals surface area contributed by atoms with Gasteiger partial charge in [-0.05, 0) is 56.1 Å². The number of piperidine rings is 1. The van der Waals surface area contributed by atoms with Crippen LogP contribution >= 0.6 is 0 Å². The maximum absolute atomic E-state index is 3.65. The van der Waals surface area contributed by atoms with E-state index in [1.807, 2.05) is 0 Å². The molecule has 1 unspecified atom stereocenters. The fourth-order valence-corrected chi connectivity index (χ4v) is 2.72. The number of nitrogens with zero attached hydrogens (tertiary/aromatic N) is 1. The number of hydrogen-bond donors (Lipinski definition) is 1. The molecule has 1 rings (SSSR count). The van der Waals surface area contributed by atoms with Gasteiger partial charge in [0.15, 0.2) is 0 Å². The van der Waals surface area contributed by atoms with Crippen molar-refractivity contribution in [3.8, 4) is 0 Å². The highest BCUT2D eigenvalue weighted by Crippen LogP contribution is 2.25. The van der Waals surface area contributed by atoms with Gasteiger partial charge in [-0.3, -0.25) is 0 Å². The Kier molecular flexibility index (Phi) is 6.65. The van der Waals surface area contributed by atoms with Crippen molar-refractivity contribution >= 4 is 0 Å². The molecular weight excluding hydrogens is 220 g/mol. The lowest BCUT2D eigenvalue weighted by Gasteiger charge is -2.38. The molecular formula is C16H34N2. The summed E-state index contributed by atoms with van der Waals surface area (Å²) in [6.45, 7) is 17.9. The summed E-state index contributed by atoms with van der Waals surface area (Å²) in [4.78, 5) is 2.68. The molecule has 2 heteroatoms. The van der Waals surface area contributed by atoms with Crippen molar-refractivity contribution in [3.63, 3.8) is 0 Å². The van der Waals surface area contributed by atoms with E-state index in [1.165, 1.54) is 38.9 Å². The van der Waals surface area contributed by atoms with Crippen molar-refractivity contribution < 1.29 is 0 Å². The summed E-state index contributed by atoms with van der Waals surface area (Å²) in [5, 5.41) is 3.65. The molecule has 0 aromatic rings. The molecule has 1 atom stereocenters. The second-order valence-electron chi connectivity index (χ2n) is 7.15. The van der Waals surface area contributed by atoms with Crippen LogP contribution in [0, 0.1) is 17.3 Å². The highest BCUT2D eigenvalue weighted by molar-refractivity contribution is 4.82. The maximum atomic E-state index is 3.65. The molecule has 1 fully saturated rings. The van der Waals surface area contributed by atoms with Gasteiger partial charge in [-0.1, -0.05) is 34.6 Å². The quantitative estimate of drug-likeness (QED) is 0.749. The second-order valence-corrected chi connectivity index (χ2v) is 7.15. The Bertz CT molecular complexity index is 219. The van der Waals surface area contributed by atoms with E-state index in [-0.39, 0.29) is 0 Å². The SMILES string of the molecule is CCC(C)(CNCC(C)C)CN1CCC(C)CC1. The molecule has 0 amide bonds. The number of likely N-dealkylation sites (tertiary alicyclic amines) is 1. The van der Waals surface area contributed by atoms with Gasteiger partial charge >= 0.3 is 0 Å². The number of hydrogen-bond acceptors (Lipinski definition) is 2. The molecule has 108 valence electrons. The summed E-state index contributed by atoms with van der Waals surface area (Å²) in [7, 11) is 0. The van der Waals surface area contributed by atoms with Crippen molar-refractivity contribution in [1.29, 1.82) is 0 Å². The van der Waals surface area contributed by atoms with E-state index in [2.05, 4.69) is 44.8 Å². The van der Waals surface area contributed by atoms with Crippen LogP contribution in [0.25, 0.3) is 0 Å². The van der Waals surface area contributed by atoms with Gasteiger partial charge in [0.25, 0.3) is 0 Å². The lowest BCUT2D eigenvalue weighted by atomic mass is 9.85. The average molecular weight is 254 g/mol. The third-order valence-corrected chi connectivity index (χ3v) is 4.44. The molecule has 0 radical (unpaired) electrons. The third-order valence-electron chi connectivity index (χ3n) is 4.44. The normalized spacial score (nSPS) is 22.3. The standard InChI is InChI=1S/C16H34N2/c1-6-16(5,12-17-11-14(2)3)13-18-9-7-15(4)8-10-18/h14-15,17H,6-13H2,1-5H3. The van der Waals surface area contributed by atoms with Crippen molar-refractivity contribution in [2.45, 2.75) is 53.9 Å². The largest absolute Gasteiger partial charge is 0.316 e. The molecule has 0 aromatic heterocycles. The monoisotopic (exact) mass is 254 g/mol. The third kappa shape index (κ3) is 5.71. The van der Waals surface area contributed by atoms with Crippen LogP contribution in [0.2, 0.25) is 0 Å². The fourth-order valence-electron chi connectivity index (χ4n) is 2.72. The zero-order valence-electron chi connectivity index (χ0n) is 13.3. The van der Waals surface area contributed by atoms with E-state index in [0.717, 1.165) is 24.9 Å². The van der Waals surface area contributed by atoms with Crippen molar-refractivity contribution in [1.82, 2.24) is 10.2 Å². The van der Waals surface area contributed by atoms with Gasteiger partial charge in [-0.15, -0.1) is 0 Å². The fraction of sp³-hybridized carbons (Fsp3) is 1.00. The Labute approximate surface area is 115 Å². The molecule has 0 aliphatic carbocycles. The first kappa shape index (κ1) is 16.0. The summed E-state index contributed by atoms with van der Waals surface area (Å²) in [6, 6.07) is 0. The summed E-state index contributed by atoms with van der Waals surface area (Å²) < 4.78 is 0. The minimum absolute atomic E-state index is 0.440. The molecule has 18 heavy (non-hydrogen) atoms. The van der Waals surface area contributed by atoms with Crippen LogP contribution in [0.1, 0.15) is 53.9 Å². The van der Waals surface area contributed by atoms with E-state index in [0.29, 0.717) is 5.41 Å². The van der Waals surface area contributed by atoms with Crippen LogP contribution in [0.4, 0.5) is 0 Å². The Hall–Kier alpha value is -0.0800. The summed E-state index contributed by atoms with van der Waals surface area (Å²) in [5.41, 5.74) is 0.440. The molecule has 1 N–H and O–H groups in total. The van der Waals surface area contributed by atoms with Gasteiger partial charge in [-0.25, -0.2) is 0 Å². The summed E-state index contributed by atoms with van der Waals surface area (Å²) >= 11 is 0. The summed E-state index contributed by atoms with van der Waals surface area (Å²) in [5.74, 6) is 1.69.